The molecule has 2 aromatic rings. The van der Waals surface area contributed by atoms with Crippen molar-refractivity contribution in [2.75, 3.05) is 18.0 Å². The molecule has 0 amide bonds. The molecule has 0 aliphatic carbocycles. The topological polar surface area (TPSA) is 66.3 Å². The van der Waals surface area contributed by atoms with Crippen molar-refractivity contribution >= 4 is 22.8 Å². The maximum Gasteiger partial charge on any atom is 0.308 e. The van der Waals surface area contributed by atoms with Gasteiger partial charge >= 0.3 is 5.97 Å². The molecule has 1 N–H and O–H groups in total. The molecular formula is C16H19N3O2. The molecule has 1 unspecified atom stereocenters. The largest absolute Gasteiger partial charge is 0.481 e. The average molecular weight is 285 g/mol. The zero-order valence-corrected chi connectivity index (χ0v) is 12.3. The molecule has 0 spiro atoms. The van der Waals surface area contributed by atoms with Gasteiger partial charge in [0, 0.05) is 18.5 Å². The van der Waals surface area contributed by atoms with Gasteiger partial charge in [-0.25, -0.2) is 9.97 Å². The first-order valence-electron chi connectivity index (χ1n) is 7.27. The minimum atomic E-state index is -0.729. The summed E-state index contributed by atoms with van der Waals surface area (Å²) in [6, 6.07) is 6.14. The van der Waals surface area contributed by atoms with Gasteiger partial charge in [-0.15, -0.1) is 0 Å². The molecule has 0 bridgehead atoms. The number of aliphatic carboxylic acids is 1. The molecule has 2 heterocycles. The van der Waals surface area contributed by atoms with Gasteiger partial charge in [0.1, 0.15) is 0 Å². The van der Waals surface area contributed by atoms with E-state index in [-0.39, 0.29) is 5.92 Å². The van der Waals surface area contributed by atoms with E-state index >= 15 is 0 Å². The van der Waals surface area contributed by atoms with Crippen LogP contribution in [0.15, 0.2) is 18.2 Å². The third-order valence-electron chi connectivity index (χ3n) is 4.08. The van der Waals surface area contributed by atoms with Crippen LogP contribution in [-0.4, -0.2) is 34.1 Å². The van der Waals surface area contributed by atoms with Crippen molar-refractivity contribution in [3.05, 3.63) is 29.5 Å². The molecule has 1 aliphatic heterocycles. The van der Waals surface area contributed by atoms with Crippen molar-refractivity contribution in [3.8, 4) is 0 Å². The number of benzene rings is 1. The molecule has 5 nitrogen and oxygen atoms in total. The van der Waals surface area contributed by atoms with Gasteiger partial charge in [0.25, 0.3) is 0 Å². The number of hydrogen-bond donors (Lipinski definition) is 1. The normalized spacial score (nSPS) is 19.0. The van der Waals surface area contributed by atoms with Crippen LogP contribution >= 0.6 is 0 Å². The van der Waals surface area contributed by atoms with Gasteiger partial charge in [0.15, 0.2) is 0 Å². The number of aryl methyl sites for hydroxylation is 2. The lowest BCUT2D eigenvalue weighted by Crippen LogP contribution is -2.39. The van der Waals surface area contributed by atoms with Crippen molar-refractivity contribution < 1.29 is 9.90 Å². The highest BCUT2D eigenvalue weighted by atomic mass is 16.4. The Morgan fingerprint density at radius 1 is 1.33 bits per heavy atom. The molecule has 110 valence electrons. The van der Waals surface area contributed by atoms with Crippen molar-refractivity contribution in [2.45, 2.75) is 26.7 Å². The second-order valence-corrected chi connectivity index (χ2v) is 5.75. The average Bonchev–Trinajstić information content (AvgIpc) is 2.46. The maximum atomic E-state index is 11.2. The van der Waals surface area contributed by atoms with E-state index in [0.717, 1.165) is 41.5 Å². The number of nitrogens with zero attached hydrogens (tertiary/aromatic N) is 3. The van der Waals surface area contributed by atoms with Gasteiger partial charge in [-0.3, -0.25) is 4.79 Å². The van der Waals surface area contributed by atoms with E-state index in [1.165, 1.54) is 0 Å². The second-order valence-electron chi connectivity index (χ2n) is 5.75. The van der Waals surface area contributed by atoms with Crippen LogP contribution in [0.25, 0.3) is 10.9 Å². The number of carboxylic acids is 1. The number of aromatic nitrogens is 2. The summed E-state index contributed by atoms with van der Waals surface area (Å²) in [7, 11) is 0. The van der Waals surface area contributed by atoms with Gasteiger partial charge < -0.3 is 10.0 Å². The fraction of sp³-hybridized carbons (Fsp3) is 0.438. The summed E-state index contributed by atoms with van der Waals surface area (Å²) in [6.07, 6.45) is 1.60. The van der Waals surface area contributed by atoms with Crippen LogP contribution in [0, 0.1) is 19.8 Å². The van der Waals surface area contributed by atoms with Crippen LogP contribution in [0.4, 0.5) is 5.95 Å². The third-order valence-corrected chi connectivity index (χ3v) is 4.08. The highest BCUT2D eigenvalue weighted by Gasteiger charge is 2.27. The standard InChI is InChI=1S/C16H19N3O2/c1-10-5-6-13-11(2)17-16(18-14(13)8-10)19-7-3-4-12(9-19)15(20)21/h5-6,8,12H,3-4,7,9H2,1-2H3,(H,20,21). The molecule has 1 aromatic carbocycles. The van der Waals surface area contributed by atoms with E-state index in [1.807, 2.05) is 30.9 Å². The van der Waals surface area contributed by atoms with Crippen LogP contribution in [0.3, 0.4) is 0 Å². The lowest BCUT2D eigenvalue weighted by Gasteiger charge is -2.31. The molecule has 1 atom stereocenters. The summed E-state index contributed by atoms with van der Waals surface area (Å²) in [4.78, 5) is 22.4. The summed E-state index contributed by atoms with van der Waals surface area (Å²) in [5, 5.41) is 10.3. The van der Waals surface area contributed by atoms with Crippen LogP contribution < -0.4 is 4.90 Å². The van der Waals surface area contributed by atoms with Gasteiger partial charge in [-0.1, -0.05) is 12.1 Å². The molecule has 1 aliphatic rings. The zero-order valence-electron chi connectivity index (χ0n) is 12.3. The summed E-state index contributed by atoms with van der Waals surface area (Å²) in [6.45, 7) is 5.33. The molecule has 21 heavy (non-hydrogen) atoms. The summed E-state index contributed by atoms with van der Waals surface area (Å²) >= 11 is 0. The predicted octanol–water partition coefficient (Wildman–Crippen LogP) is 2.55. The zero-order chi connectivity index (χ0) is 15.0. The first kappa shape index (κ1) is 13.8. The molecule has 1 fully saturated rings. The monoisotopic (exact) mass is 285 g/mol. The summed E-state index contributed by atoms with van der Waals surface area (Å²) in [5.74, 6) is -0.402. The predicted molar refractivity (Wildman–Crippen MR) is 81.6 cm³/mol. The molecule has 0 radical (unpaired) electrons. The highest BCUT2D eigenvalue weighted by molar-refractivity contribution is 5.82. The first-order chi connectivity index (χ1) is 10.0. The van der Waals surface area contributed by atoms with Crippen LogP contribution in [0.2, 0.25) is 0 Å². The Hall–Kier alpha value is -2.17. The van der Waals surface area contributed by atoms with E-state index in [4.69, 9.17) is 0 Å². The molecule has 5 heteroatoms. The molecule has 3 rings (SSSR count). The van der Waals surface area contributed by atoms with Crippen LogP contribution in [0.5, 0.6) is 0 Å². The Kier molecular flexibility index (Phi) is 3.49. The minimum Gasteiger partial charge on any atom is -0.481 e. The van der Waals surface area contributed by atoms with Crippen molar-refractivity contribution in [2.24, 2.45) is 5.92 Å². The van der Waals surface area contributed by atoms with Gasteiger partial charge in [0.2, 0.25) is 5.95 Å². The Morgan fingerprint density at radius 2 is 2.14 bits per heavy atom. The quantitative estimate of drug-likeness (QED) is 0.918. The summed E-state index contributed by atoms with van der Waals surface area (Å²) in [5.41, 5.74) is 3.02. The third kappa shape index (κ3) is 2.68. The van der Waals surface area contributed by atoms with Crippen LogP contribution in [-0.2, 0) is 4.79 Å². The molecule has 1 saturated heterocycles. The number of carboxylic acid groups (broad SMARTS) is 1. The lowest BCUT2D eigenvalue weighted by atomic mass is 9.99. The minimum absolute atomic E-state index is 0.323. The number of fused-ring (bicyclic) bond motifs is 1. The number of rotatable bonds is 2. The van der Waals surface area contributed by atoms with Crippen molar-refractivity contribution in [1.29, 1.82) is 0 Å². The van der Waals surface area contributed by atoms with E-state index in [1.54, 1.807) is 0 Å². The first-order valence-corrected chi connectivity index (χ1v) is 7.27. The maximum absolute atomic E-state index is 11.2. The Labute approximate surface area is 123 Å². The fourth-order valence-corrected chi connectivity index (χ4v) is 2.88. The lowest BCUT2D eigenvalue weighted by molar-refractivity contribution is -0.141. The molecular weight excluding hydrogens is 266 g/mol. The summed E-state index contributed by atoms with van der Waals surface area (Å²) < 4.78 is 0. The fourth-order valence-electron chi connectivity index (χ4n) is 2.88. The number of carbonyl (C=O) groups is 1. The van der Waals surface area contributed by atoms with Gasteiger partial charge in [0.05, 0.1) is 17.1 Å². The Bertz CT molecular complexity index is 699. The van der Waals surface area contributed by atoms with E-state index in [0.29, 0.717) is 12.5 Å². The van der Waals surface area contributed by atoms with Crippen molar-refractivity contribution in [3.63, 3.8) is 0 Å². The second kappa shape index (κ2) is 5.31. The van der Waals surface area contributed by atoms with E-state index in [2.05, 4.69) is 16.0 Å². The highest BCUT2D eigenvalue weighted by Crippen LogP contribution is 2.24. The van der Waals surface area contributed by atoms with Crippen molar-refractivity contribution in [1.82, 2.24) is 9.97 Å². The van der Waals surface area contributed by atoms with E-state index in [9.17, 15) is 9.90 Å². The smallest absolute Gasteiger partial charge is 0.308 e. The SMILES string of the molecule is Cc1ccc2c(C)nc(N3CCCC(C(=O)O)C3)nc2c1. The van der Waals surface area contributed by atoms with Gasteiger partial charge in [-0.2, -0.15) is 0 Å². The van der Waals surface area contributed by atoms with E-state index < -0.39 is 5.97 Å². The van der Waals surface area contributed by atoms with Gasteiger partial charge in [-0.05, 0) is 38.3 Å². The molecule has 0 saturated carbocycles. The Morgan fingerprint density at radius 3 is 2.90 bits per heavy atom. The Balaban J connectivity index is 1.98. The number of hydrogen-bond acceptors (Lipinski definition) is 4. The number of anilines is 1. The van der Waals surface area contributed by atoms with Crippen LogP contribution in [0.1, 0.15) is 24.1 Å². The number of piperidine rings is 1. The molecule has 1 aromatic heterocycles.